The van der Waals surface area contributed by atoms with Crippen LogP contribution in [0.15, 0.2) is 0 Å². The van der Waals surface area contributed by atoms with Crippen LogP contribution < -0.4 is 0 Å². The second kappa shape index (κ2) is 6.50. The molecule has 25 heavy (non-hydrogen) atoms. The molecule has 1 aliphatic carbocycles. The molecule has 0 amide bonds. The van der Waals surface area contributed by atoms with E-state index in [4.69, 9.17) is 14.5 Å². The average Bonchev–Trinajstić information content (AvgIpc) is 2.72. The van der Waals surface area contributed by atoms with Crippen LogP contribution in [0.3, 0.4) is 0 Å². The van der Waals surface area contributed by atoms with Crippen LogP contribution in [0.4, 0.5) is 0 Å². The average molecular weight is 357 g/mol. The quantitative estimate of drug-likeness (QED) is 0.616. The maximum atomic E-state index is 13.0. The molecule has 0 radical (unpaired) electrons. The van der Waals surface area contributed by atoms with Crippen molar-refractivity contribution in [1.82, 2.24) is 0 Å². The molecule has 1 saturated heterocycles. The molecular formula is C20H36O5. The molecule has 0 aromatic heterocycles. The fraction of sp³-hybridized carbons (Fsp3) is 0.950. The first-order chi connectivity index (χ1) is 11.2. The van der Waals surface area contributed by atoms with Crippen molar-refractivity contribution in [2.24, 2.45) is 28.6 Å². The number of ether oxygens (including phenoxy) is 1. The number of aliphatic hydroxyl groups is 1. The number of aliphatic hydroxyl groups excluding tert-OH is 1. The summed E-state index contributed by atoms with van der Waals surface area (Å²) in [4.78, 5) is 24.3. The van der Waals surface area contributed by atoms with Crippen molar-refractivity contribution in [3.63, 3.8) is 0 Å². The molecule has 2 aliphatic rings. The molecule has 1 N–H and O–H groups in total. The molecule has 2 bridgehead atoms. The predicted octanol–water partition coefficient (Wildman–Crippen LogP) is 3.73. The van der Waals surface area contributed by atoms with Crippen LogP contribution >= 0.6 is 0 Å². The Kier molecular flexibility index (Phi) is 5.37. The van der Waals surface area contributed by atoms with E-state index in [1.807, 2.05) is 20.8 Å². The van der Waals surface area contributed by atoms with E-state index in [-0.39, 0.29) is 28.6 Å². The summed E-state index contributed by atoms with van der Waals surface area (Å²) in [6, 6.07) is 0. The normalized spacial score (nSPS) is 36.4. The first kappa shape index (κ1) is 20.7. The Bertz CT molecular complexity index is 469. The van der Waals surface area contributed by atoms with Gasteiger partial charge >= 0.3 is 5.97 Å². The summed E-state index contributed by atoms with van der Waals surface area (Å²) in [6.07, 6.45) is -0.838. The number of carbonyl (C=O) groups excluding carboxylic acids is 1. The summed E-state index contributed by atoms with van der Waals surface area (Å²) in [7, 11) is 0. The van der Waals surface area contributed by atoms with E-state index in [2.05, 4.69) is 41.5 Å². The standard InChI is InChI=1S/C20H36O5/c1-10-20(8,9)23-17(22)11-15-12(18(2,3)4)14(21)13(19(5,6)7)16(11)25-24-15/h11-16,21H,10H2,1-9H3. The van der Waals surface area contributed by atoms with Crippen LogP contribution in [0.25, 0.3) is 0 Å². The Morgan fingerprint density at radius 3 is 1.64 bits per heavy atom. The maximum Gasteiger partial charge on any atom is 0.315 e. The zero-order valence-electron chi connectivity index (χ0n) is 17.3. The van der Waals surface area contributed by atoms with E-state index >= 15 is 0 Å². The first-order valence-corrected chi connectivity index (χ1v) is 9.44. The van der Waals surface area contributed by atoms with Crippen molar-refractivity contribution in [3.05, 3.63) is 0 Å². The van der Waals surface area contributed by atoms with Crippen LogP contribution in [0.5, 0.6) is 0 Å². The van der Waals surface area contributed by atoms with E-state index in [1.165, 1.54) is 0 Å². The Morgan fingerprint density at radius 1 is 0.920 bits per heavy atom. The predicted molar refractivity (Wildman–Crippen MR) is 95.6 cm³/mol. The Morgan fingerprint density at radius 2 is 1.32 bits per heavy atom. The van der Waals surface area contributed by atoms with Crippen molar-refractivity contribution >= 4 is 5.97 Å². The summed E-state index contributed by atoms with van der Waals surface area (Å²) in [5.41, 5.74) is -0.989. The summed E-state index contributed by atoms with van der Waals surface area (Å²) in [5.74, 6) is -1.21. The number of rotatable bonds is 3. The number of fused-ring (bicyclic) bond motifs is 2. The highest BCUT2D eigenvalue weighted by Crippen LogP contribution is 2.54. The van der Waals surface area contributed by atoms with Crippen molar-refractivity contribution in [2.75, 3.05) is 0 Å². The van der Waals surface area contributed by atoms with E-state index in [0.717, 1.165) is 6.42 Å². The SMILES string of the molecule is CCC(C)(C)OC(=O)C1C2OOC1C(C(C)(C)C)C(O)C2C(C)(C)C. The lowest BCUT2D eigenvalue weighted by molar-refractivity contribution is -0.304. The van der Waals surface area contributed by atoms with E-state index in [9.17, 15) is 9.90 Å². The molecule has 2 rings (SSSR count). The zero-order chi connectivity index (χ0) is 19.4. The molecule has 0 aromatic rings. The van der Waals surface area contributed by atoms with Gasteiger partial charge in [0.05, 0.1) is 6.10 Å². The second-order valence-electron chi connectivity index (χ2n) is 10.5. The molecular weight excluding hydrogens is 320 g/mol. The van der Waals surface area contributed by atoms with Gasteiger partial charge in [-0.15, -0.1) is 0 Å². The van der Waals surface area contributed by atoms with Crippen LogP contribution in [0.2, 0.25) is 0 Å². The van der Waals surface area contributed by atoms with Crippen molar-refractivity contribution in [3.8, 4) is 0 Å². The first-order valence-electron chi connectivity index (χ1n) is 9.44. The van der Waals surface area contributed by atoms with Gasteiger partial charge in [-0.2, -0.15) is 0 Å². The number of esters is 1. The van der Waals surface area contributed by atoms with E-state index in [1.54, 1.807) is 0 Å². The van der Waals surface area contributed by atoms with Gasteiger partial charge in [-0.05, 0) is 31.1 Å². The molecule has 146 valence electrons. The molecule has 1 aliphatic heterocycles. The van der Waals surface area contributed by atoms with Crippen LogP contribution in [0, 0.1) is 28.6 Å². The smallest absolute Gasteiger partial charge is 0.315 e. The van der Waals surface area contributed by atoms with Crippen molar-refractivity contribution in [2.45, 2.75) is 92.6 Å². The van der Waals surface area contributed by atoms with E-state index < -0.39 is 29.8 Å². The minimum absolute atomic E-state index is 0.210. The lowest BCUT2D eigenvalue weighted by atomic mass is 9.56. The molecule has 1 heterocycles. The van der Waals surface area contributed by atoms with E-state index in [0.29, 0.717) is 0 Å². The minimum Gasteiger partial charge on any atom is -0.459 e. The van der Waals surface area contributed by atoms with Crippen LogP contribution in [0.1, 0.15) is 68.7 Å². The van der Waals surface area contributed by atoms with Gasteiger partial charge in [-0.1, -0.05) is 48.5 Å². The highest BCUT2D eigenvalue weighted by atomic mass is 17.2. The molecule has 0 aromatic carbocycles. The van der Waals surface area contributed by atoms with Crippen LogP contribution in [-0.2, 0) is 19.3 Å². The summed E-state index contributed by atoms with van der Waals surface area (Å²) >= 11 is 0. The third-order valence-electron chi connectivity index (χ3n) is 5.93. The van der Waals surface area contributed by atoms with Gasteiger partial charge in [-0.3, -0.25) is 4.79 Å². The van der Waals surface area contributed by atoms with Crippen molar-refractivity contribution < 1.29 is 24.4 Å². The third kappa shape index (κ3) is 3.88. The van der Waals surface area contributed by atoms with Crippen molar-refractivity contribution in [1.29, 1.82) is 0 Å². The van der Waals surface area contributed by atoms with Gasteiger partial charge in [-0.25, -0.2) is 9.78 Å². The van der Waals surface area contributed by atoms with Gasteiger partial charge in [0, 0.05) is 11.8 Å². The fourth-order valence-corrected chi connectivity index (χ4v) is 4.30. The van der Waals surface area contributed by atoms with Gasteiger partial charge in [0.25, 0.3) is 0 Å². The molecule has 4 unspecified atom stereocenters. The summed E-state index contributed by atoms with van der Waals surface area (Å²) in [5, 5.41) is 11.1. The Labute approximate surface area is 152 Å². The van der Waals surface area contributed by atoms with Gasteiger partial charge in [0.1, 0.15) is 23.7 Å². The third-order valence-corrected chi connectivity index (χ3v) is 5.93. The molecule has 5 nitrogen and oxygen atoms in total. The Balaban J connectivity index is 2.42. The number of hydrogen-bond acceptors (Lipinski definition) is 5. The lowest BCUT2D eigenvalue weighted by Crippen LogP contribution is -2.60. The molecule has 5 heteroatoms. The lowest BCUT2D eigenvalue weighted by Gasteiger charge is -2.49. The van der Waals surface area contributed by atoms with Gasteiger partial charge in [0.2, 0.25) is 0 Å². The highest BCUT2D eigenvalue weighted by Gasteiger charge is 2.64. The zero-order valence-corrected chi connectivity index (χ0v) is 17.3. The number of carbonyl (C=O) groups is 1. The van der Waals surface area contributed by atoms with Crippen LogP contribution in [-0.4, -0.2) is 35.0 Å². The molecule has 1 saturated carbocycles. The molecule has 4 atom stereocenters. The van der Waals surface area contributed by atoms with Gasteiger partial charge < -0.3 is 9.84 Å². The number of hydrogen-bond donors (Lipinski definition) is 1. The summed E-state index contributed by atoms with van der Waals surface area (Å²) < 4.78 is 5.78. The monoisotopic (exact) mass is 356 g/mol. The summed E-state index contributed by atoms with van der Waals surface area (Å²) in [6.45, 7) is 18.2. The topological polar surface area (TPSA) is 65.0 Å². The second-order valence-corrected chi connectivity index (χ2v) is 10.5. The fourth-order valence-electron chi connectivity index (χ4n) is 4.30. The maximum absolute atomic E-state index is 13.0. The molecule has 2 fully saturated rings. The minimum atomic E-state index is -0.597. The Hall–Kier alpha value is -0.650. The van der Waals surface area contributed by atoms with Gasteiger partial charge in [0.15, 0.2) is 0 Å². The highest BCUT2D eigenvalue weighted by molar-refractivity contribution is 5.75. The molecule has 0 spiro atoms. The largest absolute Gasteiger partial charge is 0.459 e.